The van der Waals surface area contributed by atoms with E-state index >= 15 is 0 Å². The number of aromatic nitrogens is 2. The lowest BCUT2D eigenvalue weighted by Crippen LogP contribution is -2.38. The number of benzene rings is 1. The zero-order chi connectivity index (χ0) is 19.2. The van der Waals surface area contributed by atoms with Crippen molar-refractivity contribution in [3.05, 3.63) is 41.2 Å². The molecule has 1 aliphatic rings. The van der Waals surface area contributed by atoms with Crippen LogP contribution >= 0.6 is 0 Å². The monoisotopic (exact) mass is 367 g/mol. The van der Waals surface area contributed by atoms with E-state index in [0.29, 0.717) is 18.2 Å². The molecule has 27 heavy (non-hydrogen) atoms. The highest BCUT2D eigenvalue weighted by Crippen LogP contribution is 2.30. The summed E-state index contributed by atoms with van der Waals surface area (Å²) in [5.41, 5.74) is 4.30. The molecule has 8 heteroatoms. The van der Waals surface area contributed by atoms with Crippen molar-refractivity contribution < 1.29 is 4.74 Å². The van der Waals surface area contributed by atoms with E-state index in [0.717, 1.165) is 47.1 Å². The highest BCUT2D eigenvalue weighted by atomic mass is 16.5. The Morgan fingerprint density at radius 3 is 2.78 bits per heavy atom. The molecule has 2 heterocycles. The fourth-order valence-electron chi connectivity index (χ4n) is 2.97. The quantitative estimate of drug-likeness (QED) is 0.498. The van der Waals surface area contributed by atoms with Crippen LogP contribution in [0.5, 0.6) is 5.75 Å². The lowest BCUT2D eigenvalue weighted by atomic mass is 10.0. The molecule has 0 saturated carbocycles. The van der Waals surface area contributed by atoms with Gasteiger partial charge in [0.2, 0.25) is 5.95 Å². The topological polar surface area (TPSA) is 107 Å². The van der Waals surface area contributed by atoms with Gasteiger partial charge in [0.25, 0.3) is 0 Å². The summed E-state index contributed by atoms with van der Waals surface area (Å²) in [6.45, 7) is 4.35. The van der Waals surface area contributed by atoms with Crippen LogP contribution in [0.2, 0.25) is 0 Å². The Hall–Kier alpha value is -3.13. The van der Waals surface area contributed by atoms with Crippen molar-refractivity contribution in [2.75, 3.05) is 44.4 Å². The summed E-state index contributed by atoms with van der Waals surface area (Å²) < 4.78 is 5.53. The highest BCUT2D eigenvalue weighted by Gasteiger charge is 2.15. The number of hydrogen-bond acceptors (Lipinski definition) is 8. The smallest absolute Gasteiger partial charge is 0.229 e. The normalized spacial score (nSPS) is 15.5. The van der Waals surface area contributed by atoms with Crippen molar-refractivity contribution >= 4 is 29.2 Å². The third-order valence-corrected chi connectivity index (χ3v) is 4.27. The molecule has 0 unspecified atom stereocenters. The van der Waals surface area contributed by atoms with Gasteiger partial charge in [-0.05, 0) is 25.1 Å². The first-order valence-corrected chi connectivity index (χ1v) is 8.81. The van der Waals surface area contributed by atoms with Gasteiger partial charge in [0.15, 0.2) is 0 Å². The third kappa shape index (κ3) is 4.35. The SMILES string of the molecule is CNc1cc(C)nc(Nc2ccc(OC)c(/C(C=N)=C3\CNCCN3)c2)n1. The Bertz CT molecular complexity index is 855. The highest BCUT2D eigenvalue weighted by molar-refractivity contribution is 6.11. The second-order valence-electron chi connectivity index (χ2n) is 6.15. The molecule has 0 spiro atoms. The fourth-order valence-corrected chi connectivity index (χ4v) is 2.97. The Morgan fingerprint density at radius 2 is 2.11 bits per heavy atom. The first-order valence-electron chi connectivity index (χ1n) is 8.81. The van der Waals surface area contributed by atoms with E-state index < -0.39 is 0 Å². The van der Waals surface area contributed by atoms with E-state index in [1.165, 1.54) is 6.21 Å². The predicted molar refractivity (Wildman–Crippen MR) is 109 cm³/mol. The molecule has 1 aliphatic heterocycles. The standard InChI is InChI=1S/C19H25N7O/c1-12-8-18(21-2)26-19(24-12)25-13-4-5-17(27-3)14(9-13)15(10-20)16-11-22-6-7-23-16/h4-5,8-10,20,22-23H,6-7,11H2,1-3H3,(H2,21,24,25,26)/b16-15+,20-10?. The van der Waals surface area contributed by atoms with Crippen LogP contribution in [0.4, 0.5) is 17.5 Å². The van der Waals surface area contributed by atoms with Crippen molar-refractivity contribution in [1.29, 1.82) is 5.41 Å². The van der Waals surface area contributed by atoms with Crippen molar-refractivity contribution in [3.8, 4) is 5.75 Å². The number of nitrogens with zero attached hydrogens (tertiary/aromatic N) is 2. The Labute approximate surface area is 159 Å². The molecule has 2 aromatic rings. The van der Waals surface area contributed by atoms with Crippen molar-refractivity contribution in [2.24, 2.45) is 0 Å². The minimum Gasteiger partial charge on any atom is -0.496 e. The number of ether oxygens (including phenoxy) is 1. The van der Waals surface area contributed by atoms with Crippen LogP contribution in [0.15, 0.2) is 30.0 Å². The van der Waals surface area contributed by atoms with Gasteiger partial charge in [-0.25, -0.2) is 4.98 Å². The van der Waals surface area contributed by atoms with E-state index in [1.807, 2.05) is 38.2 Å². The lowest BCUT2D eigenvalue weighted by molar-refractivity contribution is 0.413. The summed E-state index contributed by atoms with van der Waals surface area (Å²) in [6.07, 6.45) is 1.36. The van der Waals surface area contributed by atoms with Gasteiger partial charge in [-0.15, -0.1) is 0 Å². The molecule has 0 aliphatic carbocycles. The molecule has 1 aromatic carbocycles. The second kappa shape index (κ2) is 8.50. The van der Waals surface area contributed by atoms with Crippen molar-refractivity contribution in [2.45, 2.75) is 6.92 Å². The number of allylic oxidation sites excluding steroid dienone is 1. The molecule has 8 nitrogen and oxygen atoms in total. The van der Waals surface area contributed by atoms with Crippen LogP contribution in [0.1, 0.15) is 11.3 Å². The number of hydrogen-bond donors (Lipinski definition) is 5. The van der Waals surface area contributed by atoms with E-state index in [1.54, 1.807) is 7.11 Å². The van der Waals surface area contributed by atoms with Crippen LogP contribution in [-0.2, 0) is 0 Å². The average Bonchev–Trinajstić information content (AvgIpc) is 2.69. The molecule has 5 N–H and O–H groups in total. The van der Waals surface area contributed by atoms with E-state index in [2.05, 4.69) is 31.2 Å². The molecule has 1 aromatic heterocycles. The van der Waals surface area contributed by atoms with Crippen molar-refractivity contribution in [1.82, 2.24) is 20.6 Å². The van der Waals surface area contributed by atoms with Gasteiger partial charge in [-0.2, -0.15) is 4.98 Å². The van der Waals surface area contributed by atoms with Crippen LogP contribution in [0.25, 0.3) is 5.57 Å². The minimum atomic E-state index is 0.511. The van der Waals surface area contributed by atoms with Gasteiger partial charge in [0.05, 0.1) is 7.11 Å². The van der Waals surface area contributed by atoms with Gasteiger partial charge >= 0.3 is 0 Å². The Morgan fingerprint density at radius 1 is 1.26 bits per heavy atom. The Balaban J connectivity index is 1.98. The molecule has 0 amide bonds. The van der Waals surface area contributed by atoms with E-state index in [4.69, 9.17) is 10.1 Å². The zero-order valence-electron chi connectivity index (χ0n) is 15.8. The zero-order valence-corrected chi connectivity index (χ0v) is 15.8. The van der Waals surface area contributed by atoms with Crippen LogP contribution < -0.4 is 26.0 Å². The molecule has 0 bridgehead atoms. The number of rotatable bonds is 6. The van der Waals surface area contributed by atoms with Gasteiger partial charge in [0.1, 0.15) is 11.6 Å². The first-order chi connectivity index (χ1) is 13.1. The summed E-state index contributed by atoms with van der Waals surface area (Å²) in [4.78, 5) is 8.86. The maximum Gasteiger partial charge on any atom is 0.229 e. The summed E-state index contributed by atoms with van der Waals surface area (Å²) in [5, 5.41) is 20.9. The molecule has 1 saturated heterocycles. The van der Waals surface area contributed by atoms with Gasteiger partial charge in [-0.3, -0.25) is 0 Å². The number of aryl methyl sites for hydroxylation is 1. The molecule has 3 rings (SSSR count). The molecule has 0 atom stereocenters. The maximum absolute atomic E-state index is 7.92. The second-order valence-corrected chi connectivity index (χ2v) is 6.15. The number of methoxy groups -OCH3 is 1. The molecular formula is C19H25N7O. The molecular weight excluding hydrogens is 342 g/mol. The number of piperazine rings is 1. The van der Waals surface area contributed by atoms with Gasteiger partial charge < -0.3 is 31.4 Å². The van der Waals surface area contributed by atoms with Crippen LogP contribution in [0, 0.1) is 12.3 Å². The third-order valence-electron chi connectivity index (χ3n) is 4.27. The van der Waals surface area contributed by atoms with E-state index in [9.17, 15) is 0 Å². The molecule has 1 fully saturated rings. The summed E-state index contributed by atoms with van der Waals surface area (Å²) >= 11 is 0. The van der Waals surface area contributed by atoms with Gasteiger partial charge in [0, 0.05) is 67.2 Å². The summed E-state index contributed by atoms with van der Waals surface area (Å²) in [5.74, 6) is 1.97. The predicted octanol–water partition coefficient (Wildman–Crippen LogP) is 2.13. The fraction of sp³-hybridized carbons (Fsp3) is 0.316. The molecule has 0 radical (unpaired) electrons. The maximum atomic E-state index is 7.92. The average molecular weight is 367 g/mol. The minimum absolute atomic E-state index is 0.511. The Kier molecular flexibility index (Phi) is 5.87. The first kappa shape index (κ1) is 18.7. The van der Waals surface area contributed by atoms with E-state index in [-0.39, 0.29) is 0 Å². The number of nitrogens with one attached hydrogen (secondary N) is 5. The van der Waals surface area contributed by atoms with Crippen molar-refractivity contribution in [3.63, 3.8) is 0 Å². The lowest BCUT2D eigenvalue weighted by Gasteiger charge is -2.22. The summed E-state index contributed by atoms with van der Waals surface area (Å²) in [6, 6.07) is 7.62. The summed E-state index contributed by atoms with van der Waals surface area (Å²) in [7, 11) is 3.46. The molecule has 142 valence electrons. The van der Waals surface area contributed by atoms with Gasteiger partial charge in [-0.1, -0.05) is 0 Å². The largest absolute Gasteiger partial charge is 0.496 e. The van der Waals surface area contributed by atoms with Crippen LogP contribution in [-0.4, -0.2) is 50.0 Å². The number of anilines is 3. The van der Waals surface area contributed by atoms with Crippen LogP contribution in [0.3, 0.4) is 0 Å².